The number of carbonyl (C=O) groups is 1. The zero-order valence-electron chi connectivity index (χ0n) is 17.6. The van der Waals surface area contributed by atoms with Crippen molar-refractivity contribution in [1.29, 1.82) is 0 Å². The molecule has 1 amide bonds. The molecule has 0 saturated carbocycles. The molecule has 166 valence electrons. The molecule has 2 aliphatic rings. The van der Waals surface area contributed by atoms with Crippen molar-refractivity contribution >= 4 is 21.7 Å². The van der Waals surface area contributed by atoms with Gasteiger partial charge in [-0.05, 0) is 56.4 Å². The number of carbonyl (C=O) groups excluding carboxylic acids is 1. The van der Waals surface area contributed by atoms with E-state index in [0.717, 1.165) is 25.9 Å². The van der Waals surface area contributed by atoms with Crippen LogP contribution < -0.4 is 4.90 Å². The zero-order valence-corrected chi connectivity index (χ0v) is 18.4. The lowest BCUT2D eigenvalue weighted by atomic mass is 9.93. The van der Waals surface area contributed by atoms with Gasteiger partial charge in [-0.2, -0.15) is 0 Å². The third kappa shape index (κ3) is 4.87. The van der Waals surface area contributed by atoms with E-state index in [0.29, 0.717) is 43.1 Å². The molecule has 0 bridgehead atoms. The highest BCUT2D eigenvalue weighted by molar-refractivity contribution is 7.90. The largest absolute Gasteiger partial charge is 0.341 e. The lowest BCUT2D eigenvalue weighted by Gasteiger charge is -2.33. The smallest absolute Gasteiger partial charge is 0.253 e. The van der Waals surface area contributed by atoms with Crippen molar-refractivity contribution in [3.05, 3.63) is 47.5 Å². The molecule has 4 rings (SSSR count). The Hall–Kier alpha value is -2.55. The number of halogens is 1. The SMILES string of the molecule is CS(=O)(=O)c1cnc(N2CCCCC2)nc1C1CCN(C(=O)c2ccc(F)cc2)CC1. The Morgan fingerprint density at radius 1 is 1.03 bits per heavy atom. The van der Waals surface area contributed by atoms with Crippen LogP contribution in [0.25, 0.3) is 0 Å². The lowest BCUT2D eigenvalue weighted by Crippen LogP contribution is -2.38. The highest BCUT2D eigenvalue weighted by Gasteiger charge is 2.30. The van der Waals surface area contributed by atoms with Gasteiger partial charge in [-0.15, -0.1) is 0 Å². The summed E-state index contributed by atoms with van der Waals surface area (Å²) >= 11 is 0. The maximum Gasteiger partial charge on any atom is 0.253 e. The molecule has 2 saturated heterocycles. The number of nitrogens with zero attached hydrogens (tertiary/aromatic N) is 4. The molecule has 0 radical (unpaired) electrons. The first-order valence-corrected chi connectivity index (χ1v) is 12.6. The van der Waals surface area contributed by atoms with Gasteiger partial charge in [0.1, 0.15) is 10.7 Å². The second-order valence-corrected chi connectivity index (χ2v) is 10.3. The fraction of sp³-hybridized carbons (Fsp3) is 0.500. The number of likely N-dealkylation sites (tertiary alicyclic amines) is 1. The predicted molar refractivity (Wildman–Crippen MR) is 115 cm³/mol. The number of amides is 1. The van der Waals surface area contributed by atoms with Crippen molar-refractivity contribution in [2.24, 2.45) is 0 Å². The Morgan fingerprint density at radius 2 is 1.68 bits per heavy atom. The van der Waals surface area contributed by atoms with Crippen LogP contribution in [0.15, 0.2) is 35.4 Å². The van der Waals surface area contributed by atoms with Crippen LogP contribution >= 0.6 is 0 Å². The molecule has 0 unspecified atom stereocenters. The van der Waals surface area contributed by atoms with Crippen molar-refractivity contribution < 1.29 is 17.6 Å². The number of piperidine rings is 2. The van der Waals surface area contributed by atoms with Crippen molar-refractivity contribution in [3.63, 3.8) is 0 Å². The summed E-state index contributed by atoms with van der Waals surface area (Å²) in [7, 11) is -3.47. The third-order valence-corrected chi connectivity index (χ3v) is 7.18. The Morgan fingerprint density at radius 3 is 2.29 bits per heavy atom. The summed E-state index contributed by atoms with van der Waals surface area (Å²) in [5.41, 5.74) is 1.01. The Balaban J connectivity index is 1.53. The minimum Gasteiger partial charge on any atom is -0.341 e. The lowest BCUT2D eigenvalue weighted by molar-refractivity contribution is 0.0711. The molecule has 9 heteroatoms. The van der Waals surface area contributed by atoms with Gasteiger partial charge in [-0.25, -0.2) is 22.8 Å². The summed E-state index contributed by atoms with van der Waals surface area (Å²) in [6.07, 6.45) is 7.20. The first-order chi connectivity index (χ1) is 14.8. The second kappa shape index (κ2) is 8.90. The maximum absolute atomic E-state index is 13.1. The minimum absolute atomic E-state index is 0.0615. The molecule has 1 aromatic carbocycles. The molecular formula is C22H27FN4O3S. The summed E-state index contributed by atoms with van der Waals surface area (Å²) in [6, 6.07) is 5.53. The van der Waals surface area contributed by atoms with Crippen LogP contribution in [0.3, 0.4) is 0 Å². The van der Waals surface area contributed by atoms with E-state index in [1.165, 1.54) is 43.1 Å². The minimum atomic E-state index is -3.47. The van der Waals surface area contributed by atoms with E-state index in [-0.39, 0.29) is 22.5 Å². The normalized spacial score (nSPS) is 18.3. The van der Waals surface area contributed by atoms with Gasteiger partial charge in [-0.1, -0.05) is 0 Å². The van der Waals surface area contributed by atoms with E-state index in [9.17, 15) is 17.6 Å². The number of aromatic nitrogens is 2. The highest BCUT2D eigenvalue weighted by atomic mass is 32.2. The number of rotatable bonds is 4. The fourth-order valence-corrected chi connectivity index (χ4v) is 5.17. The van der Waals surface area contributed by atoms with Crippen LogP contribution in [-0.2, 0) is 9.84 Å². The quantitative estimate of drug-likeness (QED) is 0.718. The average Bonchev–Trinajstić information content (AvgIpc) is 2.79. The van der Waals surface area contributed by atoms with Gasteiger partial charge in [0.2, 0.25) is 5.95 Å². The van der Waals surface area contributed by atoms with Crippen LogP contribution in [0, 0.1) is 5.82 Å². The Bertz CT molecular complexity index is 1040. The van der Waals surface area contributed by atoms with Crippen LogP contribution in [0.5, 0.6) is 0 Å². The predicted octanol–water partition coefficient (Wildman–Crippen LogP) is 3.03. The summed E-state index contributed by atoms with van der Waals surface area (Å²) in [5.74, 6) is 0.00997. The summed E-state index contributed by atoms with van der Waals surface area (Å²) < 4.78 is 37.9. The van der Waals surface area contributed by atoms with Gasteiger partial charge in [0.25, 0.3) is 5.91 Å². The van der Waals surface area contributed by atoms with E-state index in [1.807, 2.05) is 0 Å². The molecule has 0 aliphatic carbocycles. The monoisotopic (exact) mass is 446 g/mol. The molecule has 7 nitrogen and oxygen atoms in total. The Kier molecular flexibility index (Phi) is 6.22. The van der Waals surface area contributed by atoms with Crippen molar-refractivity contribution in [2.75, 3.05) is 37.3 Å². The van der Waals surface area contributed by atoms with E-state index in [2.05, 4.69) is 9.88 Å². The van der Waals surface area contributed by atoms with Crippen LogP contribution in [0.1, 0.15) is 54.1 Å². The number of hydrogen-bond acceptors (Lipinski definition) is 6. The first-order valence-electron chi connectivity index (χ1n) is 10.7. The maximum atomic E-state index is 13.1. The van der Waals surface area contributed by atoms with Crippen molar-refractivity contribution in [2.45, 2.75) is 42.9 Å². The summed E-state index contributed by atoms with van der Waals surface area (Å²) in [4.78, 5) is 25.8. The van der Waals surface area contributed by atoms with Gasteiger partial charge in [0.05, 0.1) is 11.9 Å². The molecule has 0 atom stereocenters. The molecule has 1 aromatic heterocycles. The van der Waals surface area contributed by atoms with E-state index < -0.39 is 9.84 Å². The number of sulfone groups is 1. The second-order valence-electron chi connectivity index (χ2n) is 8.31. The topological polar surface area (TPSA) is 83.5 Å². The highest BCUT2D eigenvalue weighted by Crippen LogP contribution is 2.33. The molecule has 2 fully saturated rings. The molecule has 3 heterocycles. The molecule has 0 spiro atoms. The van der Waals surface area contributed by atoms with E-state index in [1.54, 1.807) is 4.90 Å². The van der Waals surface area contributed by atoms with Gasteiger partial charge in [0, 0.05) is 43.9 Å². The molecule has 0 N–H and O–H groups in total. The van der Waals surface area contributed by atoms with Crippen LogP contribution in [0.2, 0.25) is 0 Å². The number of benzene rings is 1. The standard InChI is InChI=1S/C22H27FN4O3S/c1-31(29,30)19-15-24-22(27-11-3-2-4-12-27)25-20(19)16-9-13-26(14-10-16)21(28)17-5-7-18(23)8-6-17/h5-8,15-16H,2-4,9-14H2,1H3. The van der Waals surface area contributed by atoms with Crippen LogP contribution in [0.4, 0.5) is 10.3 Å². The van der Waals surface area contributed by atoms with Gasteiger partial charge >= 0.3 is 0 Å². The van der Waals surface area contributed by atoms with Gasteiger partial charge in [0.15, 0.2) is 9.84 Å². The average molecular weight is 447 g/mol. The molecule has 2 aliphatic heterocycles. The molecule has 31 heavy (non-hydrogen) atoms. The van der Waals surface area contributed by atoms with Crippen molar-refractivity contribution in [1.82, 2.24) is 14.9 Å². The van der Waals surface area contributed by atoms with Gasteiger partial charge < -0.3 is 9.80 Å². The summed E-state index contributed by atoms with van der Waals surface area (Å²) in [6.45, 7) is 2.74. The molecule has 2 aromatic rings. The Labute approximate surface area is 182 Å². The fourth-order valence-electron chi connectivity index (χ4n) is 4.33. The van der Waals surface area contributed by atoms with Crippen molar-refractivity contribution in [3.8, 4) is 0 Å². The van der Waals surface area contributed by atoms with E-state index >= 15 is 0 Å². The number of hydrogen-bond donors (Lipinski definition) is 0. The van der Waals surface area contributed by atoms with Crippen LogP contribution in [-0.4, -0.2) is 61.6 Å². The number of anilines is 1. The third-order valence-electron chi connectivity index (χ3n) is 6.07. The molecular weight excluding hydrogens is 419 g/mol. The van der Waals surface area contributed by atoms with E-state index in [4.69, 9.17) is 4.98 Å². The zero-order chi connectivity index (χ0) is 22.0. The summed E-state index contributed by atoms with van der Waals surface area (Å²) in [5, 5.41) is 0. The van der Waals surface area contributed by atoms with Gasteiger partial charge in [-0.3, -0.25) is 4.79 Å². The first kappa shape index (κ1) is 21.7.